The van der Waals surface area contributed by atoms with E-state index < -0.39 is 8.32 Å². The minimum Gasteiger partial charge on any atom is -0.413 e. The number of fused-ring (bicyclic) bond motifs is 1. The lowest BCUT2D eigenvalue weighted by Crippen LogP contribution is -2.67. The molecular weight excluding hydrogens is 559 g/mol. The van der Waals surface area contributed by atoms with Crippen LogP contribution >= 0.6 is 46.0 Å². The number of amides is 1. The number of nitrogens with zero attached hydrogens (tertiary/aromatic N) is 2. The van der Waals surface area contributed by atoms with Gasteiger partial charge in [-0.25, -0.2) is 4.99 Å². The molecule has 0 N–H and O–H groups in total. The van der Waals surface area contributed by atoms with Crippen LogP contribution in [-0.4, -0.2) is 42.2 Å². The fourth-order valence-electron chi connectivity index (χ4n) is 3.86. The normalized spacial score (nSPS) is 24.7. The van der Waals surface area contributed by atoms with Gasteiger partial charge in [-0.3, -0.25) is 9.69 Å². The van der Waals surface area contributed by atoms with E-state index >= 15 is 0 Å². The summed E-state index contributed by atoms with van der Waals surface area (Å²) in [4.78, 5) is 20.2. The van der Waals surface area contributed by atoms with Crippen LogP contribution in [0.1, 0.15) is 41.0 Å². The predicted octanol–water partition coefficient (Wildman–Crippen LogP) is 7.41. The summed E-state index contributed by atoms with van der Waals surface area (Å²) in [6.45, 7) is 15.5. The minimum atomic E-state index is -1.98. The van der Waals surface area contributed by atoms with E-state index in [-0.39, 0.29) is 29.0 Å². The molecule has 170 valence electrons. The van der Waals surface area contributed by atoms with Crippen molar-refractivity contribution in [1.29, 1.82) is 0 Å². The van der Waals surface area contributed by atoms with Gasteiger partial charge in [-0.1, -0.05) is 57.1 Å². The topological polar surface area (TPSA) is 41.9 Å². The van der Waals surface area contributed by atoms with Gasteiger partial charge in [0.05, 0.1) is 23.8 Å². The molecule has 8 heteroatoms. The molecule has 3 atom stereocenters. The van der Waals surface area contributed by atoms with Gasteiger partial charge >= 0.3 is 0 Å². The lowest BCUT2D eigenvalue weighted by Gasteiger charge is -2.51. The summed E-state index contributed by atoms with van der Waals surface area (Å²) in [6.07, 6.45) is 0.789. The van der Waals surface area contributed by atoms with Crippen molar-refractivity contribution in [3.63, 3.8) is 0 Å². The second kappa shape index (κ2) is 9.48. The third kappa shape index (κ3) is 5.10. The summed E-state index contributed by atoms with van der Waals surface area (Å²) in [5.74, 6) is 0.770. The molecule has 4 nitrogen and oxygen atoms in total. The van der Waals surface area contributed by atoms with Gasteiger partial charge < -0.3 is 4.43 Å². The summed E-state index contributed by atoms with van der Waals surface area (Å²) in [7, 11) is -1.98. The van der Waals surface area contributed by atoms with Gasteiger partial charge in [0.25, 0.3) is 0 Å². The maximum Gasteiger partial charge on any atom is 0.237 e. The second-order valence-electron chi connectivity index (χ2n) is 9.71. The van der Waals surface area contributed by atoms with Crippen molar-refractivity contribution in [1.82, 2.24) is 4.90 Å². The standard InChI is InChI=1S/C23H32ClIN2O2SSi/c1-8-17-18(25)13-30-22(26-16-11-9-10-15(24)12-16)27-20(17)19(21(27)28)14(2)29-31(6,7)23(3,4)5/h9-12,14,19-20H,8,13H2,1-7H3/t14-,19-,20-/m1/s1. The van der Waals surface area contributed by atoms with Gasteiger partial charge in [0, 0.05) is 14.4 Å². The van der Waals surface area contributed by atoms with Crippen LogP contribution in [0, 0.1) is 5.92 Å². The van der Waals surface area contributed by atoms with Gasteiger partial charge in [-0.05, 0) is 77.8 Å². The summed E-state index contributed by atoms with van der Waals surface area (Å²) >= 11 is 10.2. The Morgan fingerprint density at radius 2 is 2.06 bits per heavy atom. The summed E-state index contributed by atoms with van der Waals surface area (Å²) < 4.78 is 7.98. The molecule has 0 radical (unpaired) electrons. The minimum absolute atomic E-state index is 0.0112. The highest BCUT2D eigenvalue weighted by atomic mass is 127. The van der Waals surface area contributed by atoms with Gasteiger partial charge in [0.15, 0.2) is 13.5 Å². The zero-order valence-corrected chi connectivity index (χ0v) is 24.1. The molecule has 3 rings (SSSR count). The van der Waals surface area contributed by atoms with Gasteiger partial charge in [-0.15, -0.1) is 0 Å². The molecule has 1 aromatic rings. The smallest absolute Gasteiger partial charge is 0.237 e. The Balaban J connectivity index is 1.95. The van der Waals surface area contributed by atoms with Crippen LogP contribution in [-0.2, 0) is 9.22 Å². The van der Waals surface area contributed by atoms with E-state index in [1.807, 2.05) is 29.2 Å². The number of carbonyl (C=O) groups excluding carboxylic acids is 1. The highest BCUT2D eigenvalue weighted by Crippen LogP contribution is 2.46. The maximum atomic E-state index is 13.5. The maximum absolute atomic E-state index is 13.5. The van der Waals surface area contributed by atoms with Crippen molar-refractivity contribution >= 4 is 71.0 Å². The summed E-state index contributed by atoms with van der Waals surface area (Å²) in [5, 5.41) is 1.50. The number of thioether (sulfide) groups is 1. The number of rotatable bonds is 5. The Morgan fingerprint density at radius 1 is 1.39 bits per heavy atom. The van der Waals surface area contributed by atoms with Gasteiger partial charge in [0.2, 0.25) is 5.91 Å². The fraction of sp³-hybridized carbons (Fsp3) is 0.565. The van der Waals surface area contributed by atoms with E-state index in [0.29, 0.717) is 5.02 Å². The van der Waals surface area contributed by atoms with E-state index in [1.54, 1.807) is 11.8 Å². The quantitative estimate of drug-likeness (QED) is 0.204. The first kappa shape index (κ1) is 25.3. The number of aliphatic imine (C=N–C) groups is 1. The monoisotopic (exact) mass is 590 g/mol. The Morgan fingerprint density at radius 3 is 2.65 bits per heavy atom. The molecule has 0 saturated carbocycles. The Kier molecular flexibility index (Phi) is 7.73. The van der Waals surface area contributed by atoms with Crippen molar-refractivity contribution in [2.24, 2.45) is 10.9 Å². The SMILES string of the molecule is CCC1=C(I)CSC(=Nc2cccc(Cl)c2)N2C(=O)[C@H]([C@@H](C)O[Si](C)(C)C(C)(C)C)[C@@H]12. The number of halogens is 2. The molecule has 1 saturated heterocycles. The molecule has 0 aliphatic carbocycles. The average Bonchev–Trinajstić information content (AvgIpc) is 2.75. The van der Waals surface area contributed by atoms with Gasteiger partial charge in [-0.2, -0.15) is 0 Å². The van der Waals surface area contributed by atoms with E-state index in [0.717, 1.165) is 23.0 Å². The Hall–Kier alpha value is -0.353. The van der Waals surface area contributed by atoms with Crippen LogP contribution < -0.4 is 0 Å². The Labute approximate surface area is 210 Å². The highest BCUT2D eigenvalue weighted by Gasteiger charge is 2.56. The molecule has 0 unspecified atom stereocenters. The molecule has 1 aromatic carbocycles. The zero-order valence-electron chi connectivity index (χ0n) is 19.3. The van der Waals surface area contributed by atoms with Crippen molar-refractivity contribution in [3.8, 4) is 0 Å². The molecule has 2 aliphatic heterocycles. The van der Waals surface area contributed by atoms with Gasteiger partial charge in [0.1, 0.15) is 0 Å². The first-order valence-corrected chi connectivity index (χ1v) is 16.1. The number of amidine groups is 1. The third-order valence-electron chi connectivity index (χ3n) is 6.59. The lowest BCUT2D eigenvalue weighted by molar-refractivity contribution is -0.151. The number of β-lactam (4-membered cyclic amide) rings is 1. The zero-order chi connectivity index (χ0) is 23.1. The van der Waals surface area contributed by atoms with Crippen molar-refractivity contribution in [2.75, 3.05) is 5.75 Å². The average molecular weight is 591 g/mol. The predicted molar refractivity (Wildman–Crippen MR) is 144 cm³/mol. The molecular formula is C23H32ClIN2O2SSi. The number of hydrogen-bond acceptors (Lipinski definition) is 4. The molecule has 0 bridgehead atoms. The van der Waals surface area contributed by atoms with Crippen LogP contribution in [0.2, 0.25) is 23.2 Å². The van der Waals surface area contributed by atoms with E-state index in [9.17, 15) is 4.79 Å². The third-order valence-corrected chi connectivity index (χ3v) is 14.0. The lowest BCUT2D eigenvalue weighted by atomic mass is 9.78. The van der Waals surface area contributed by atoms with Crippen molar-refractivity contribution in [3.05, 3.63) is 38.4 Å². The fourth-order valence-corrected chi connectivity index (χ4v) is 7.60. The molecule has 0 spiro atoms. The van der Waals surface area contributed by atoms with Crippen molar-refractivity contribution < 1.29 is 9.22 Å². The molecule has 2 aliphatic rings. The highest BCUT2D eigenvalue weighted by molar-refractivity contribution is 14.1. The van der Waals surface area contributed by atoms with E-state index in [1.165, 1.54) is 9.15 Å². The molecule has 0 aromatic heterocycles. The molecule has 1 fully saturated rings. The number of hydrogen-bond donors (Lipinski definition) is 0. The number of benzene rings is 1. The van der Waals surface area contributed by atoms with Crippen molar-refractivity contribution in [2.45, 2.75) is 71.3 Å². The van der Waals surface area contributed by atoms with Crippen LogP contribution in [0.5, 0.6) is 0 Å². The molecule has 1 amide bonds. The summed E-state index contributed by atoms with van der Waals surface area (Å²) in [5.41, 5.74) is 2.10. The first-order valence-electron chi connectivity index (χ1n) is 10.7. The van der Waals surface area contributed by atoms with Crippen LogP contribution in [0.3, 0.4) is 0 Å². The van der Waals surface area contributed by atoms with E-state index in [4.69, 9.17) is 21.0 Å². The molecule has 2 heterocycles. The van der Waals surface area contributed by atoms with Crippen LogP contribution in [0.15, 0.2) is 38.4 Å². The summed E-state index contributed by atoms with van der Waals surface area (Å²) in [6, 6.07) is 7.48. The molecule has 31 heavy (non-hydrogen) atoms. The largest absolute Gasteiger partial charge is 0.413 e. The first-order chi connectivity index (χ1) is 14.4. The Bertz CT molecular complexity index is 928. The van der Waals surface area contributed by atoms with E-state index in [2.05, 4.69) is 70.3 Å². The number of carbonyl (C=O) groups is 1. The van der Waals surface area contributed by atoms with Crippen LogP contribution in [0.25, 0.3) is 0 Å². The second-order valence-corrected chi connectivity index (χ2v) is 17.1. The van der Waals surface area contributed by atoms with Crippen LogP contribution in [0.4, 0.5) is 5.69 Å².